The Morgan fingerprint density at radius 2 is 0.920 bits per heavy atom. The quantitative estimate of drug-likeness (QED) is 0.322. The van der Waals surface area contributed by atoms with Crippen LogP contribution in [0.3, 0.4) is 0 Å². The molecule has 0 aromatic carbocycles. The molecule has 25 heavy (non-hydrogen) atoms. The minimum Gasteiger partial charge on any atom is -0.480 e. The fourth-order valence-corrected chi connectivity index (χ4v) is 2.18. The van der Waals surface area contributed by atoms with Crippen LogP contribution in [0.2, 0.25) is 0 Å². The van der Waals surface area contributed by atoms with Gasteiger partial charge in [-0.05, 0) is 5.92 Å². The molecular weight excluding hydrogens is 383 g/mol. The first-order chi connectivity index (χ1) is 10.6. The molecule has 0 amide bonds. The van der Waals surface area contributed by atoms with Crippen LogP contribution in [0.4, 0.5) is 0 Å². The number of carboxylic acid groups (broad SMARTS) is 4. The molecule has 0 aromatic rings. The maximum atomic E-state index is 10.8. The molecule has 0 aliphatic heterocycles. The van der Waals surface area contributed by atoms with Crippen LogP contribution < -0.4 is 0 Å². The molecule has 0 fully saturated rings. The minimum atomic E-state index is -1.17. The van der Waals surface area contributed by atoms with Crippen LogP contribution in [0, 0.1) is 5.92 Å². The van der Waals surface area contributed by atoms with E-state index in [9.17, 15) is 19.2 Å². The van der Waals surface area contributed by atoms with Crippen LogP contribution in [0.1, 0.15) is 13.3 Å². The Morgan fingerprint density at radius 3 is 1.08 bits per heavy atom. The molecule has 0 atom stereocenters. The second kappa shape index (κ2) is 14.7. The molecule has 0 bridgehead atoms. The van der Waals surface area contributed by atoms with Crippen molar-refractivity contribution < 1.29 is 39.6 Å². The zero-order valence-corrected chi connectivity index (χ0v) is 15.3. The first-order valence-electron chi connectivity index (χ1n) is 6.95. The topological polar surface area (TPSA) is 156 Å². The van der Waals surface area contributed by atoms with Crippen molar-refractivity contribution in [3.63, 3.8) is 0 Å². The van der Waals surface area contributed by atoms with Gasteiger partial charge in [-0.3, -0.25) is 29.0 Å². The molecule has 10 nitrogen and oxygen atoms in total. The van der Waals surface area contributed by atoms with Crippen molar-refractivity contribution in [1.29, 1.82) is 0 Å². The van der Waals surface area contributed by atoms with E-state index in [-0.39, 0.29) is 43.8 Å². The molecule has 12 heteroatoms. The van der Waals surface area contributed by atoms with E-state index in [1.165, 1.54) is 9.80 Å². The number of carboxylic acids is 4. The van der Waals surface area contributed by atoms with Crippen molar-refractivity contribution in [2.75, 3.05) is 39.3 Å². The summed E-state index contributed by atoms with van der Waals surface area (Å²) < 4.78 is 0. The summed E-state index contributed by atoms with van der Waals surface area (Å²) in [6.07, 6.45) is 0.519. The Bertz CT molecular complexity index is 380. The zero-order chi connectivity index (χ0) is 18.0. The Hall–Kier alpha value is -1.62. The van der Waals surface area contributed by atoms with Gasteiger partial charge in [-0.25, -0.2) is 0 Å². The van der Waals surface area contributed by atoms with Gasteiger partial charge in [0.25, 0.3) is 0 Å². The highest BCUT2D eigenvalue weighted by Crippen LogP contribution is 2.09. The van der Waals surface area contributed by atoms with E-state index in [2.05, 4.69) is 0 Å². The lowest BCUT2D eigenvalue weighted by Crippen LogP contribution is -2.43. The lowest BCUT2D eigenvalue weighted by Gasteiger charge is -2.28. The molecule has 4 N–H and O–H groups in total. The third kappa shape index (κ3) is 15.6. The number of nitrogens with zero attached hydrogens (tertiary/aromatic N) is 2. The van der Waals surface area contributed by atoms with Gasteiger partial charge in [0.05, 0.1) is 26.2 Å². The Morgan fingerprint density at radius 1 is 0.680 bits per heavy atom. The Balaban J connectivity index is -0.00000242. The van der Waals surface area contributed by atoms with E-state index >= 15 is 0 Å². The number of rotatable bonds is 13. The predicted molar refractivity (Wildman–Crippen MR) is 91.7 cm³/mol. The molecule has 0 aliphatic rings. The Labute approximate surface area is 157 Å². The number of halogens is 2. The summed E-state index contributed by atoms with van der Waals surface area (Å²) in [6, 6.07) is 0. The Kier molecular flexibility index (Phi) is 16.6. The first-order valence-corrected chi connectivity index (χ1v) is 6.95. The molecule has 0 saturated heterocycles. The standard InChI is InChI=1S/C13H22N2O8.2ClH/c1-2-9(3-14(5-10(16)17)6-11(18)19)4-15(7-12(20)21)8-13(22)23;;/h9H,2-8H2,1H3,(H,16,17)(H,18,19)(H,20,21)(H,22,23);2*1H. The van der Waals surface area contributed by atoms with E-state index in [1.807, 2.05) is 0 Å². The fourth-order valence-electron chi connectivity index (χ4n) is 2.18. The van der Waals surface area contributed by atoms with Crippen LogP contribution in [-0.4, -0.2) is 93.4 Å². The van der Waals surface area contributed by atoms with Gasteiger partial charge in [0.2, 0.25) is 0 Å². The smallest absolute Gasteiger partial charge is 0.317 e. The molecule has 0 radical (unpaired) electrons. The molecule has 0 heterocycles. The molecular formula is C13H24Cl2N2O8. The predicted octanol–water partition coefficient (Wildman–Crippen LogP) is -0.201. The van der Waals surface area contributed by atoms with Gasteiger partial charge in [-0.15, -0.1) is 24.8 Å². The van der Waals surface area contributed by atoms with E-state index in [1.54, 1.807) is 6.92 Å². The summed E-state index contributed by atoms with van der Waals surface area (Å²) in [5, 5.41) is 35.2. The summed E-state index contributed by atoms with van der Waals surface area (Å²) in [7, 11) is 0. The molecule has 0 rings (SSSR count). The first kappa shape index (κ1) is 28.2. The van der Waals surface area contributed by atoms with E-state index < -0.39 is 50.1 Å². The second-order valence-corrected chi connectivity index (χ2v) is 5.19. The maximum absolute atomic E-state index is 10.8. The van der Waals surface area contributed by atoms with E-state index in [0.717, 1.165) is 0 Å². The molecule has 0 aliphatic carbocycles. The third-order valence-corrected chi connectivity index (χ3v) is 3.05. The van der Waals surface area contributed by atoms with Crippen LogP contribution in [0.5, 0.6) is 0 Å². The van der Waals surface area contributed by atoms with Gasteiger partial charge in [-0.1, -0.05) is 13.3 Å². The molecule has 148 valence electrons. The highest BCUT2D eigenvalue weighted by molar-refractivity contribution is 5.85. The van der Waals surface area contributed by atoms with E-state index in [4.69, 9.17) is 20.4 Å². The van der Waals surface area contributed by atoms with Crippen LogP contribution in [-0.2, 0) is 19.2 Å². The van der Waals surface area contributed by atoms with E-state index in [0.29, 0.717) is 6.42 Å². The molecule has 0 aromatic heterocycles. The van der Waals surface area contributed by atoms with Crippen molar-refractivity contribution in [3.05, 3.63) is 0 Å². The SMILES string of the molecule is CCC(CN(CC(=O)O)CC(=O)O)CN(CC(=O)O)CC(=O)O.Cl.Cl. The lowest BCUT2D eigenvalue weighted by molar-refractivity contribution is -0.143. The van der Waals surface area contributed by atoms with Crippen molar-refractivity contribution in [2.45, 2.75) is 13.3 Å². The van der Waals surface area contributed by atoms with Crippen molar-refractivity contribution in [1.82, 2.24) is 9.80 Å². The van der Waals surface area contributed by atoms with Crippen LogP contribution >= 0.6 is 24.8 Å². The summed E-state index contributed by atoms with van der Waals surface area (Å²) in [5.74, 6) is -4.95. The molecule has 0 spiro atoms. The van der Waals surface area contributed by atoms with Gasteiger partial charge in [0.15, 0.2) is 0 Å². The minimum absolute atomic E-state index is 0. The van der Waals surface area contributed by atoms with Crippen LogP contribution in [0.15, 0.2) is 0 Å². The van der Waals surface area contributed by atoms with Gasteiger partial charge in [0.1, 0.15) is 0 Å². The largest absolute Gasteiger partial charge is 0.480 e. The second-order valence-electron chi connectivity index (χ2n) is 5.19. The van der Waals surface area contributed by atoms with Crippen molar-refractivity contribution in [3.8, 4) is 0 Å². The highest BCUT2D eigenvalue weighted by Gasteiger charge is 2.22. The summed E-state index contributed by atoms with van der Waals surface area (Å²) in [4.78, 5) is 45.5. The van der Waals surface area contributed by atoms with Crippen LogP contribution in [0.25, 0.3) is 0 Å². The number of hydrogen-bond donors (Lipinski definition) is 4. The lowest BCUT2D eigenvalue weighted by atomic mass is 10.0. The van der Waals surface area contributed by atoms with Gasteiger partial charge in [-0.2, -0.15) is 0 Å². The summed E-state index contributed by atoms with van der Waals surface area (Å²) in [5.41, 5.74) is 0. The van der Waals surface area contributed by atoms with Gasteiger partial charge < -0.3 is 20.4 Å². The zero-order valence-electron chi connectivity index (χ0n) is 13.7. The highest BCUT2D eigenvalue weighted by atomic mass is 35.5. The molecule has 0 saturated carbocycles. The normalized spacial score (nSPS) is 10.2. The third-order valence-electron chi connectivity index (χ3n) is 3.05. The summed E-state index contributed by atoms with van der Waals surface area (Å²) in [6.45, 7) is 0.183. The average molecular weight is 407 g/mol. The summed E-state index contributed by atoms with van der Waals surface area (Å²) >= 11 is 0. The monoisotopic (exact) mass is 406 g/mol. The van der Waals surface area contributed by atoms with Gasteiger partial charge in [0, 0.05) is 13.1 Å². The number of hydrogen-bond acceptors (Lipinski definition) is 6. The van der Waals surface area contributed by atoms with Crippen molar-refractivity contribution in [2.24, 2.45) is 5.92 Å². The fraction of sp³-hybridized carbons (Fsp3) is 0.692. The van der Waals surface area contributed by atoms with Crippen molar-refractivity contribution >= 4 is 48.7 Å². The average Bonchev–Trinajstić information content (AvgIpc) is 2.34. The van der Waals surface area contributed by atoms with Gasteiger partial charge >= 0.3 is 23.9 Å². The maximum Gasteiger partial charge on any atom is 0.317 e. The number of aliphatic carboxylic acids is 4. The molecule has 0 unspecified atom stereocenters. The number of carbonyl (C=O) groups is 4.